The first-order valence-corrected chi connectivity index (χ1v) is 8.57. The number of hydrogen-bond donors (Lipinski definition) is 3. The van der Waals surface area contributed by atoms with Gasteiger partial charge in [0.1, 0.15) is 5.75 Å². The molecule has 1 unspecified atom stereocenters. The lowest BCUT2D eigenvalue weighted by Gasteiger charge is -2.14. The SMILES string of the molecule is CCOc1ccccc1C(=O)NCC(=O)NCC(C(=O)O)c1ccccc1. The molecule has 142 valence electrons. The van der Waals surface area contributed by atoms with Gasteiger partial charge in [0.25, 0.3) is 5.91 Å². The Bertz CT molecular complexity index is 792. The smallest absolute Gasteiger partial charge is 0.312 e. The van der Waals surface area contributed by atoms with E-state index in [1.165, 1.54) is 0 Å². The fourth-order valence-electron chi connectivity index (χ4n) is 2.50. The predicted octanol–water partition coefficient (Wildman–Crippen LogP) is 1.80. The predicted molar refractivity (Wildman–Crippen MR) is 99.8 cm³/mol. The van der Waals surface area contributed by atoms with Crippen LogP contribution in [0.15, 0.2) is 54.6 Å². The van der Waals surface area contributed by atoms with Crippen LogP contribution in [0, 0.1) is 0 Å². The maximum atomic E-state index is 12.2. The molecule has 0 saturated carbocycles. The molecule has 0 aliphatic carbocycles. The molecule has 7 heteroatoms. The van der Waals surface area contributed by atoms with Crippen LogP contribution in [0.2, 0.25) is 0 Å². The monoisotopic (exact) mass is 370 g/mol. The lowest BCUT2D eigenvalue weighted by molar-refractivity contribution is -0.138. The molecule has 0 heterocycles. The third kappa shape index (κ3) is 5.85. The van der Waals surface area contributed by atoms with E-state index in [4.69, 9.17) is 4.74 Å². The Morgan fingerprint density at radius 1 is 1.00 bits per heavy atom. The number of hydrogen-bond acceptors (Lipinski definition) is 4. The summed E-state index contributed by atoms with van der Waals surface area (Å²) in [4.78, 5) is 35.7. The molecule has 0 saturated heterocycles. The summed E-state index contributed by atoms with van der Waals surface area (Å²) in [6.45, 7) is 1.90. The van der Waals surface area contributed by atoms with Crippen LogP contribution in [0.4, 0.5) is 0 Å². The minimum absolute atomic E-state index is 0.0659. The first kappa shape index (κ1) is 20.0. The molecule has 2 rings (SSSR count). The molecule has 3 N–H and O–H groups in total. The minimum Gasteiger partial charge on any atom is -0.493 e. The lowest BCUT2D eigenvalue weighted by atomic mass is 9.99. The summed E-state index contributed by atoms with van der Waals surface area (Å²) in [5, 5.41) is 14.4. The number of aliphatic carboxylic acids is 1. The van der Waals surface area contributed by atoms with Gasteiger partial charge in [-0.15, -0.1) is 0 Å². The molecular formula is C20H22N2O5. The maximum Gasteiger partial charge on any atom is 0.312 e. The molecule has 27 heavy (non-hydrogen) atoms. The van der Waals surface area contributed by atoms with Gasteiger partial charge in [0.2, 0.25) is 5.91 Å². The molecule has 0 aliphatic rings. The van der Waals surface area contributed by atoms with Gasteiger partial charge in [-0.05, 0) is 24.6 Å². The summed E-state index contributed by atoms with van der Waals surface area (Å²) in [6.07, 6.45) is 0. The van der Waals surface area contributed by atoms with E-state index in [2.05, 4.69) is 10.6 Å². The summed E-state index contributed by atoms with van der Waals surface area (Å²) in [5.74, 6) is -2.36. The van der Waals surface area contributed by atoms with Crippen LogP contribution < -0.4 is 15.4 Å². The number of carbonyl (C=O) groups is 3. The number of rotatable bonds is 9. The molecule has 0 spiro atoms. The topological polar surface area (TPSA) is 105 Å². The van der Waals surface area contributed by atoms with Crippen molar-refractivity contribution >= 4 is 17.8 Å². The molecule has 2 aromatic carbocycles. The zero-order chi connectivity index (χ0) is 19.6. The van der Waals surface area contributed by atoms with Crippen molar-refractivity contribution in [1.29, 1.82) is 0 Å². The van der Waals surface area contributed by atoms with Crippen LogP contribution in [-0.2, 0) is 9.59 Å². The highest BCUT2D eigenvalue weighted by atomic mass is 16.5. The van der Waals surface area contributed by atoms with Gasteiger partial charge in [-0.2, -0.15) is 0 Å². The van der Waals surface area contributed by atoms with Crippen LogP contribution in [0.5, 0.6) is 5.75 Å². The van der Waals surface area contributed by atoms with Gasteiger partial charge >= 0.3 is 5.97 Å². The van der Waals surface area contributed by atoms with Gasteiger partial charge in [0.05, 0.1) is 24.6 Å². The first-order chi connectivity index (χ1) is 13.0. The highest BCUT2D eigenvalue weighted by Crippen LogP contribution is 2.17. The van der Waals surface area contributed by atoms with E-state index in [0.29, 0.717) is 23.5 Å². The third-order valence-corrected chi connectivity index (χ3v) is 3.84. The Morgan fingerprint density at radius 3 is 2.33 bits per heavy atom. The van der Waals surface area contributed by atoms with Crippen LogP contribution in [-0.4, -0.2) is 42.6 Å². The summed E-state index contributed by atoms with van der Waals surface area (Å²) in [6, 6.07) is 15.4. The fraction of sp³-hybridized carbons (Fsp3) is 0.250. The largest absolute Gasteiger partial charge is 0.493 e. The lowest BCUT2D eigenvalue weighted by Crippen LogP contribution is -2.39. The highest BCUT2D eigenvalue weighted by molar-refractivity contribution is 5.98. The van der Waals surface area contributed by atoms with Crippen molar-refractivity contribution in [1.82, 2.24) is 10.6 Å². The average Bonchev–Trinajstić information content (AvgIpc) is 2.67. The highest BCUT2D eigenvalue weighted by Gasteiger charge is 2.20. The molecule has 2 amide bonds. The second kappa shape index (κ2) is 9.96. The molecule has 0 radical (unpaired) electrons. The maximum absolute atomic E-state index is 12.2. The summed E-state index contributed by atoms with van der Waals surface area (Å²) < 4.78 is 5.39. The van der Waals surface area contributed by atoms with E-state index in [9.17, 15) is 19.5 Å². The molecular weight excluding hydrogens is 348 g/mol. The fourth-order valence-corrected chi connectivity index (χ4v) is 2.50. The van der Waals surface area contributed by atoms with Crippen molar-refractivity contribution in [3.8, 4) is 5.75 Å². The summed E-state index contributed by atoms with van der Waals surface area (Å²) in [5.41, 5.74) is 0.930. The van der Waals surface area contributed by atoms with Crippen molar-refractivity contribution < 1.29 is 24.2 Å². The first-order valence-electron chi connectivity index (χ1n) is 8.57. The van der Waals surface area contributed by atoms with Gasteiger partial charge in [-0.25, -0.2) is 0 Å². The van der Waals surface area contributed by atoms with E-state index >= 15 is 0 Å². The second-order valence-corrected chi connectivity index (χ2v) is 5.72. The van der Waals surface area contributed by atoms with Gasteiger partial charge in [-0.1, -0.05) is 42.5 Å². The summed E-state index contributed by atoms with van der Waals surface area (Å²) >= 11 is 0. The molecule has 0 bridgehead atoms. The van der Waals surface area contributed by atoms with E-state index in [-0.39, 0.29) is 13.1 Å². The van der Waals surface area contributed by atoms with Gasteiger partial charge in [0, 0.05) is 6.54 Å². The van der Waals surface area contributed by atoms with E-state index in [0.717, 1.165) is 0 Å². The second-order valence-electron chi connectivity index (χ2n) is 5.72. The number of ether oxygens (including phenoxy) is 1. The summed E-state index contributed by atoms with van der Waals surface area (Å²) in [7, 11) is 0. The number of para-hydroxylation sites is 1. The van der Waals surface area contributed by atoms with Crippen LogP contribution in [0.1, 0.15) is 28.8 Å². The standard InChI is InChI=1S/C20H22N2O5/c1-2-27-17-11-7-6-10-15(17)19(24)22-13-18(23)21-12-16(20(25)26)14-8-4-3-5-9-14/h3-11,16H,2,12-13H2,1H3,(H,21,23)(H,22,24)(H,25,26). The zero-order valence-corrected chi connectivity index (χ0v) is 15.0. The van der Waals surface area contributed by atoms with E-state index < -0.39 is 23.7 Å². The minimum atomic E-state index is -1.03. The van der Waals surface area contributed by atoms with Crippen LogP contribution in [0.3, 0.4) is 0 Å². The Labute approximate surface area is 157 Å². The van der Waals surface area contributed by atoms with Gasteiger partial charge < -0.3 is 20.5 Å². The molecule has 0 aromatic heterocycles. The molecule has 1 atom stereocenters. The van der Waals surface area contributed by atoms with E-state index in [1.54, 1.807) is 54.6 Å². The van der Waals surface area contributed by atoms with Crippen LogP contribution in [0.25, 0.3) is 0 Å². The number of benzene rings is 2. The molecule has 0 aliphatic heterocycles. The van der Waals surface area contributed by atoms with E-state index in [1.807, 2.05) is 6.92 Å². The zero-order valence-electron chi connectivity index (χ0n) is 15.0. The Hall–Kier alpha value is -3.35. The number of carbonyl (C=O) groups excluding carboxylic acids is 2. The number of carboxylic acid groups (broad SMARTS) is 1. The quantitative estimate of drug-likeness (QED) is 0.624. The van der Waals surface area contributed by atoms with Crippen molar-refractivity contribution in [3.05, 3.63) is 65.7 Å². The average molecular weight is 370 g/mol. The molecule has 2 aromatic rings. The van der Waals surface area contributed by atoms with Crippen molar-refractivity contribution in [2.45, 2.75) is 12.8 Å². The third-order valence-electron chi connectivity index (χ3n) is 3.84. The Balaban J connectivity index is 1.89. The Morgan fingerprint density at radius 2 is 1.67 bits per heavy atom. The number of amides is 2. The Kier molecular flexibility index (Phi) is 7.37. The van der Waals surface area contributed by atoms with Crippen molar-refractivity contribution in [3.63, 3.8) is 0 Å². The van der Waals surface area contributed by atoms with Gasteiger partial charge in [0.15, 0.2) is 0 Å². The molecule has 0 fully saturated rings. The normalized spacial score (nSPS) is 11.3. The van der Waals surface area contributed by atoms with Crippen molar-refractivity contribution in [2.24, 2.45) is 0 Å². The number of nitrogens with one attached hydrogen (secondary N) is 2. The van der Waals surface area contributed by atoms with Crippen molar-refractivity contribution in [2.75, 3.05) is 19.7 Å². The number of carboxylic acids is 1. The van der Waals surface area contributed by atoms with Crippen LogP contribution >= 0.6 is 0 Å². The van der Waals surface area contributed by atoms with Gasteiger partial charge in [-0.3, -0.25) is 14.4 Å². The molecule has 7 nitrogen and oxygen atoms in total.